The van der Waals surface area contributed by atoms with Gasteiger partial charge in [0.05, 0.1) is 0 Å². The number of carbonyl (C=O) groups is 1. The van der Waals surface area contributed by atoms with E-state index in [0.29, 0.717) is 0 Å². The van der Waals surface area contributed by atoms with Crippen LogP contribution in [0, 0.1) is 29.1 Å². The number of halogens is 5. The molecule has 1 rings (SSSR count). The molecule has 0 aromatic heterocycles. The Labute approximate surface area is 91.9 Å². The number of amides is 1. The Morgan fingerprint density at radius 3 is 1.76 bits per heavy atom. The third-order valence-electron chi connectivity index (χ3n) is 1.95. The molecule has 1 amide bonds. The zero-order valence-electron chi connectivity index (χ0n) is 8.16. The minimum absolute atomic E-state index is 0.465. The van der Waals surface area contributed by atoms with Crippen molar-refractivity contribution in [3.8, 4) is 0 Å². The van der Waals surface area contributed by atoms with Gasteiger partial charge < -0.3 is 10.4 Å². The van der Waals surface area contributed by atoms with Gasteiger partial charge in [-0.25, -0.2) is 26.7 Å². The maximum atomic E-state index is 13.0. The SMILES string of the molecule is O=C(O)NCCc1c(F)c(F)c(F)c(F)c1F. The highest BCUT2D eigenvalue weighted by molar-refractivity contribution is 5.64. The summed E-state index contributed by atoms with van der Waals surface area (Å²) in [5, 5.41) is 9.92. The second kappa shape index (κ2) is 4.98. The third kappa shape index (κ3) is 2.63. The van der Waals surface area contributed by atoms with Crippen LogP contribution in [0.15, 0.2) is 0 Å². The second-order valence-electron chi connectivity index (χ2n) is 3.03. The van der Waals surface area contributed by atoms with Crippen LogP contribution in [-0.4, -0.2) is 17.7 Å². The first kappa shape index (κ1) is 13.2. The molecule has 17 heavy (non-hydrogen) atoms. The standard InChI is InChI=1S/C9H6F5NO2/c10-4-3(1-2-15-9(16)17)5(11)7(13)8(14)6(4)12/h15H,1-2H2,(H,16,17). The highest BCUT2D eigenvalue weighted by Crippen LogP contribution is 2.23. The first-order chi connectivity index (χ1) is 7.86. The monoisotopic (exact) mass is 255 g/mol. The molecule has 0 aliphatic rings. The van der Waals surface area contributed by atoms with Crippen LogP contribution in [-0.2, 0) is 6.42 Å². The Morgan fingerprint density at radius 2 is 1.35 bits per heavy atom. The van der Waals surface area contributed by atoms with Crippen molar-refractivity contribution in [2.24, 2.45) is 0 Å². The fraction of sp³-hybridized carbons (Fsp3) is 0.222. The second-order valence-corrected chi connectivity index (χ2v) is 3.03. The summed E-state index contributed by atoms with van der Waals surface area (Å²) in [6, 6.07) is 0. The van der Waals surface area contributed by atoms with E-state index in [2.05, 4.69) is 0 Å². The van der Waals surface area contributed by atoms with E-state index < -0.39 is 53.7 Å². The number of benzene rings is 1. The molecule has 8 heteroatoms. The molecule has 0 radical (unpaired) electrons. The van der Waals surface area contributed by atoms with E-state index in [1.54, 1.807) is 5.32 Å². The van der Waals surface area contributed by atoms with Crippen molar-refractivity contribution >= 4 is 6.09 Å². The van der Waals surface area contributed by atoms with Gasteiger partial charge >= 0.3 is 6.09 Å². The van der Waals surface area contributed by atoms with Gasteiger partial charge in [-0.1, -0.05) is 0 Å². The fourth-order valence-corrected chi connectivity index (χ4v) is 1.16. The predicted molar refractivity (Wildman–Crippen MR) is 46.0 cm³/mol. The quantitative estimate of drug-likeness (QED) is 0.494. The largest absolute Gasteiger partial charge is 0.465 e. The average Bonchev–Trinajstić information content (AvgIpc) is 2.28. The van der Waals surface area contributed by atoms with Crippen LogP contribution in [0.3, 0.4) is 0 Å². The zero-order valence-corrected chi connectivity index (χ0v) is 8.16. The Hall–Kier alpha value is -1.86. The molecule has 0 heterocycles. The molecular weight excluding hydrogens is 249 g/mol. The van der Waals surface area contributed by atoms with E-state index >= 15 is 0 Å². The number of hydrogen-bond donors (Lipinski definition) is 2. The van der Waals surface area contributed by atoms with Crippen molar-refractivity contribution < 1.29 is 31.9 Å². The Balaban J connectivity index is 3.03. The molecule has 0 saturated carbocycles. The molecule has 2 N–H and O–H groups in total. The van der Waals surface area contributed by atoms with Crippen LogP contribution in [0.5, 0.6) is 0 Å². The summed E-state index contributed by atoms with van der Waals surface area (Å²) in [6.07, 6.45) is -2.10. The van der Waals surface area contributed by atoms with Gasteiger partial charge in [-0.3, -0.25) is 0 Å². The van der Waals surface area contributed by atoms with Gasteiger partial charge in [0.2, 0.25) is 5.82 Å². The van der Waals surface area contributed by atoms with Crippen LogP contribution in [0.25, 0.3) is 0 Å². The number of nitrogens with one attached hydrogen (secondary N) is 1. The van der Waals surface area contributed by atoms with Crippen LogP contribution < -0.4 is 5.32 Å². The highest BCUT2D eigenvalue weighted by atomic mass is 19.2. The van der Waals surface area contributed by atoms with Gasteiger partial charge in [-0.05, 0) is 6.42 Å². The fourth-order valence-electron chi connectivity index (χ4n) is 1.16. The van der Waals surface area contributed by atoms with Gasteiger partial charge in [0.15, 0.2) is 23.3 Å². The summed E-state index contributed by atoms with van der Waals surface area (Å²) in [4.78, 5) is 10.0. The summed E-state index contributed by atoms with van der Waals surface area (Å²) >= 11 is 0. The molecule has 94 valence electrons. The summed E-state index contributed by atoms with van der Waals surface area (Å²) in [7, 11) is 0. The smallest absolute Gasteiger partial charge is 0.404 e. The molecule has 3 nitrogen and oxygen atoms in total. The Morgan fingerprint density at radius 1 is 0.941 bits per heavy atom. The van der Waals surface area contributed by atoms with Crippen molar-refractivity contribution in [2.75, 3.05) is 6.54 Å². The van der Waals surface area contributed by atoms with Gasteiger partial charge in [0.1, 0.15) is 0 Å². The lowest BCUT2D eigenvalue weighted by molar-refractivity contribution is 0.194. The van der Waals surface area contributed by atoms with Crippen molar-refractivity contribution in [1.29, 1.82) is 0 Å². The molecule has 1 aromatic rings. The Kier molecular flexibility index (Phi) is 3.87. The summed E-state index contributed by atoms with van der Waals surface area (Å²) in [5.74, 6) is -10.2. The lowest BCUT2D eigenvalue weighted by Gasteiger charge is -2.07. The maximum absolute atomic E-state index is 13.0. The van der Waals surface area contributed by atoms with Crippen molar-refractivity contribution in [3.63, 3.8) is 0 Å². The van der Waals surface area contributed by atoms with Gasteiger partial charge in [-0.2, -0.15) is 0 Å². The van der Waals surface area contributed by atoms with Crippen molar-refractivity contribution in [2.45, 2.75) is 6.42 Å². The summed E-state index contributed by atoms with van der Waals surface area (Å²) in [6.45, 7) is -0.465. The third-order valence-corrected chi connectivity index (χ3v) is 1.95. The minimum Gasteiger partial charge on any atom is -0.465 e. The predicted octanol–water partition coefficient (Wildman–Crippen LogP) is 2.19. The molecule has 0 spiro atoms. The molecule has 1 aromatic carbocycles. The van der Waals surface area contributed by atoms with Gasteiger partial charge in [-0.15, -0.1) is 0 Å². The Bertz CT molecular complexity index is 434. The molecule has 0 aliphatic heterocycles. The van der Waals surface area contributed by atoms with Crippen LogP contribution in [0.1, 0.15) is 5.56 Å². The molecule has 0 atom stereocenters. The molecule has 0 fully saturated rings. The van der Waals surface area contributed by atoms with Crippen LogP contribution >= 0.6 is 0 Å². The van der Waals surface area contributed by atoms with E-state index in [1.807, 2.05) is 0 Å². The average molecular weight is 255 g/mol. The zero-order chi connectivity index (χ0) is 13.2. The van der Waals surface area contributed by atoms with Gasteiger partial charge in [0.25, 0.3) is 0 Å². The minimum atomic E-state index is -2.24. The summed E-state index contributed by atoms with van der Waals surface area (Å²) < 4.78 is 64.1. The van der Waals surface area contributed by atoms with E-state index in [4.69, 9.17) is 5.11 Å². The number of hydrogen-bond acceptors (Lipinski definition) is 1. The van der Waals surface area contributed by atoms with E-state index in [1.165, 1.54) is 0 Å². The van der Waals surface area contributed by atoms with Crippen molar-refractivity contribution in [3.05, 3.63) is 34.6 Å². The molecule has 0 aliphatic carbocycles. The van der Waals surface area contributed by atoms with Gasteiger partial charge in [0, 0.05) is 12.1 Å². The topological polar surface area (TPSA) is 49.3 Å². The molecule has 0 unspecified atom stereocenters. The first-order valence-electron chi connectivity index (χ1n) is 4.33. The number of carboxylic acid groups (broad SMARTS) is 1. The van der Waals surface area contributed by atoms with Crippen LogP contribution in [0.2, 0.25) is 0 Å². The first-order valence-corrected chi connectivity index (χ1v) is 4.33. The molecular formula is C9H6F5NO2. The number of rotatable bonds is 3. The maximum Gasteiger partial charge on any atom is 0.404 e. The normalized spacial score (nSPS) is 10.4. The lowest BCUT2D eigenvalue weighted by Crippen LogP contribution is -2.24. The van der Waals surface area contributed by atoms with E-state index in [0.717, 1.165) is 0 Å². The molecule has 0 bridgehead atoms. The lowest BCUT2D eigenvalue weighted by atomic mass is 10.1. The van der Waals surface area contributed by atoms with E-state index in [9.17, 15) is 26.7 Å². The molecule has 0 saturated heterocycles. The van der Waals surface area contributed by atoms with Crippen molar-refractivity contribution in [1.82, 2.24) is 5.32 Å². The van der Waals surface area contributed by atoms with Crippen LogP contribution in [0.4, 0.5) is 26.7 Å². The van der Waals surface area contributed by atoms with E-state index in [-0.39, 0.29) is 0 Å². The highest BCUT2D eigenvalue weighted by Gasteiger charge is 2.25. The summed E-state index contributed by atoms with van der Waals surface area (Å²) in [5.41, 5.74) is -1.05.